The average Bonchev–Trinajstić information content (AvgIpc) is 2.23. The molecule has 0 aliphatic heterocycles. The minimum absolute atomic E-state index is 0. The smallest absolute Gasteiger partial charge is 0.245 e. The molecule has 0 unspecified atom stereocenters. The average molecular weight is 352 g/mol. The topological polar surface area (TPSA) is 49.4 Å². The Balaban J connectivity index is 0.00000324. The monoisotopic (exact) mass is 350 g/mol. The van der Waals surface area contributed by atoms with Crippen molar-refractivity contribution in [2.75, 3.05) is 27.2 Å². The fraction of sp³-hybridized carbons (Fsp3) is 0.400. The molecule has 0 heterocycles. The van der Waals surface area contributed by atoms with Gasteiger partial charge in [-0.3, -0.25) is 0 Å². The molecule has 9 heteroatoms. The van der Waals surface area contributed by atoms with Crippen LogP contribution in [0.15, 0.2) is 17.0 Å². The number of likely N-dealkylation sites (N-methyl/N-ethyl adjacent to an activating group) is 2. The van der Waals surface area contributed by atoms with Gasteiger partial charge in [0, 0.05) is 20.1 Å². The summed E-state index contributed by atoms with van der Waals surface area (Å²) >= 11 is 11.5. The quantitative estimate of drug-likeness (QED) is 0.886. The van der Waals surface area contributed by atoms with Crippen LogP contribution in [0.5, 0.6) is 0 Å². The van der Waals surface area contributed by atoms with E-state index in [0.29, 0.717) is 6.54 Å². The molecule has 0 amide bonds. The maximum absolute atomic E-state index is 13.0. The minimum Gasteiger partial charge on any atom is -0.318 e. The van der Waals surface area contributed by atoms with Crippen molar-refractivity contribution in [3.05, 3.63) is 28.0 Å². The predicted molar refractivity (Wildman–Crippen MR) is 77.4 cm³/mol. The Morgan fingerprint density at radius 1 is 1.32 bits per heavy atom. The molecule has 19 heavy (non-hydrogen) atoms. The molecule has 0 aliphatic carbocycles. The van der Waals surface area contributed by atoms with Gasteiger partial charge in [0.1, 0.15) is 10.7 Å². The highest BCUT2D eigenvalue weighted by Gasteiger charge is 2.26. The first-order chi connectivity index (χ1) is 8.30. The third kappa shape index (κ3) is 4.44. The van der Waals surface area contributed by atoms with E-state index < -0.39 is 15.8 Å². The molecule has 1 aromatic rings. The first kappa shape index (κ1) is 18.9. The third-order valence-electron chi connectivity index (χ3n) is 2.31. The summed E-state index contributed by atoms with van der Waals surface area (Å²) < 4.78 is 38.5. The second-order valence-corrected chi connectivity index (χ2v) is 6.42. The lowest BCUT2D eigenvalue weighted by atomic mass is 10.3. The molecule has 0 aliphatic rings. The number of sulfonamides is 1. The summed E-state index contributed by atoms with van der Waals surface area (Å²) in [5, 5.41) is 2.38. The summed E-state index contributed by atoms with van der Waals surface area (Å²) in [6.45, 7) is 0.731. The maximum atomic E-state index is 13.0. The molecular weight excluding hydrogens is 338 g/mol. The summed E-state index contributed by atoms with van der Waals surface area (Å²) in [5.74, 6) is -0.679. The first-order valence-corrected chi connectivity index (χ1v) is 7.25. The van der Waals surface area contributed by atoms with Gasteiger partial charge >= 0.3 is 0 Å². The lowest BCUT2D eigenvalue weighted by molar-refractivity contribution is 0.466. The number of hydrogen-bond donors (Lipinski definition) is 1. The van der Waals surface area contributed by atoms with Crippen LogP contribution in [0.2, 0.25) is 10.0 Å². The molecule has 0 bridgehead atoms. The normalized spacial score (nSPS) is 11.5. The highest BCUT2D eigenvalue weighted by atomic mass is 35.5. The summed E-state index contributed by atoms with van der Waals surface area (Å²) in [5.41, 5.74) is 0. The van der Waals surface area contributed by atoms with Crippen LogP contribution in [-0.2, 0) is 10.0 Å². The Kier molecular flexibility index (Phi) is 7.57. The largest absolute Gasteiger partial charge is 0.318 e. The van der Waals surface area contributed by atoms with Crippen molar-refractivity contribution in [3.63, 3.8) is 0 Å². The molecule has 110 valence electrons. The van der Waals surface area contributed by atoms with Crippen molar-refractivity contribution < 1.29 is 12.8 Å². The molecule has 1 aromatic carbocycles. The summed E-state index contributed by atoms with van der Waals surface area (Å²) in [7, 11) is -0.714. The van der Waals surface area contributed by atoms with Crippen molar-refractivity contribution in [3.8, 4) is 0 Å². The number of halogens is 4. The lowest BCUT2D eigenvalue weighted by Crippen LogP contribution is -2.33. The van der Waals surface area contributed by atoms with Gasteiger partial charge < -0.3 is 5.32 Å². The molecular formula is C10H14Cl3FN2O2S. The van der Waals surface area contributed by atoms with Crippen LogP contribution in [0.1, 0.15) is 0 Å². The zero-order valence-electron chi connectivity index (χ0n) is 10.3. The predicted octanol–water partition coefficient (Wildman–Crippen LogP) is 2.39. The molecule has 0 saturated carbocycles. The van der Waals surface area contributed by atoms with E-state index in [9.17, 15) is 12.8 Å². The van der Waals surface area contributed by atoms with Gasteiger partial charge in [-0.1, -0.05) is 23.2 Å². The van der Waals surface area contributed by atoms with Crippen LogP contribution in [0.4, 0.5) is 4.39 Å². The van der Waals surface area contributed by atoms with Gasteiger partial charge in [0.25, 0.3) is 0 Å². The van der Waals surface area contributed by atoms with Crippen molar-refractivity contribution in [2.45, 2.75) is 4.90 Å². The molecule has 0 spiro atoms. The van der Waals surface area contributed by atoms with Gasteiger partial charge in [-0.05, 0) is 19.2 Å². The Bertz CT molecular complexity index is 517. The molecule has 4 nitrogen and oxygen atoms in total. The van der Waals surface area contributed by atoms with Gasteiger partial charge in [-0.15, -0.1) is 12.4 Å². The Labute approximate surface area is 128 Å². The van der Waals surface area contributed by atoms with Crippen LogP contribution in [-0.4, -0.2) is 39.9 Å². The third-order valence-corrected chi connectivity index (χ3v) is 5.09. The molecule has 0 radical (unpaired) electrons. The van der Waals surface area contributed by atoms with Gasteiger partial charge in [0.05, 0.1) is 10.0 Å². The number of rotatable bonds is 5. The van der Waals surface area contributed by atoms with Gasteiger partial charge in [0.2, 0.25) is 10.0 Å². The SMILES string of the molecule is CNCCN(C)S(=O)(=O)c1c(Cl)cc(F)cc1Cl.Cl. The van der Waals surface area contributed by atoms with E-state index in [-0.39, 0.29) is 33.9 Å². The minimum atomic E-state index is -3.83. The van der Waals surface area contributed by atoms with E-state index >= 15 is 0 Å². The molecule has 0 saturated heterocycles. The van der Waals surface area contributed by atoms with Gasteiger partial charge in [-0.25, -0.2) is 12.8 Å². The second-order valence-electron chi connectivity index (χ2n) is 3.63. The fourth-order valence-corrected chi connectivity index (χ4v) is 3.62. The zero-order chi connectivity index (χ0) is 13.9. The Hall–Kier alpha value is -0.110. The van der Waals surface area contributed by atoms with E-state index in [1.165, 1.54) is 7.05 Å². The van der Waals surface area contributed by atoms with E-state index in [1.54, 1.807) is 7.05 Å². The van der Waals surface area contributed by atoms with Crippen molar-refractivity contribution >= 4 is 45.6 Å². The number of nitrogens with zero attached hydrogens (tertiary/aromatic N) is 1. The Morgan fingerprint density at radius 2 is 1.79 bits per heavy atom. The van der Waals surface area contributed by atoms with Crippen molar-refractivity contribution in [1.29, 1.82) is 0 Å². The standard InChI is InChI=1S/C10H13Cl2FN2O2S.ClH/c1-14-3-4-15(2)18(16,17)10-8(11)5-7(13)6-9(10)12;/h5-6,14H,3-4H2,1-2H3;1H. The molecule has 1 rings (SSSR count). The highest BCUT2D eigenvalue weighted by molar-refractivity contribution is 7.89. The molecule has 1 N–H and O–H groups in total. The van der Waals surface area contributed by atoms with Crippen LogP contribution >= 0.6 is 35.6 Å². The Morgan fingerprint density at radius 3 is 2.21 bits per heavy atom. The zero-order valence-corrected chi connectivity index (χ0v) is 13.4. The summed E-state index contributed by atoms with van der Waals surface area (Å²) in [6.07, 6.45) is 0. The van der Waals surface area contributed by atoms with Crippen LogP contribution < -0.4 is 5.32 Å². The van der Waals surface area contributed by atoms with E-state index in [1.807, 2.05) is 0 Å². The van der Waals surface area contributed by atoms with E-state index in [2.05, 4.69) is 5.32 Å². The van der Waals surface area contributed by atoms with Gasteiger partial charge in [0.15, 0.2) is 0 Å². The molecule has 0 fully saturated rings. The molecule has 0 aromatic heterocycles. The number of benzene rings is 1. The second kappa shape index (κ2) is 7.61. The van der Waals surface area contributed by atoms with Crippen molar-refractivity contribution in [1.82, 2.24) is 9.62 Å². The first-order valence-electron chi connectivity index (χ1n) is 5.06. The highest BCUT2D eigenvalue weighted by Crippen LogP contribution is 2.32. The fourth-order valence-electron chi connectivity index (χ4n) is 1.32. The number of hydrogen-bond acceptors (Lipinski definition) is 3. The lowest BCUT2D eigenvalue weighted by Gasteiger charge is -2.18. The van der Waals surface area contributed by atoms with Crippen LogP contribution in [0.25, 0.3) is 0 Å². The van der Waals surface area contributed by atoms with Crippen molar-refractivity contribution in [2.24, 2.45) is 0 Å². The number of nitrogens with one attached hydrogen (secondary N) is 1. The van der Waals surface area contributed by atoms with E-state index in [0.717, 1.165) is 16.4 Å². The summed E-state index contributed by atoms with van der Waals surface area (Å²) in [4.78, 5) is -0.272. The molecule has 0 atom stereocenters. The van der Waals surface area contributed by atoms with Crippen LogP contribution in [0, 0.1) is 5.82 Å². The van der Waals surface area contributed by atoms with Crippen LogP contribution in [0.3, 0.4) is 0 Å². The summed E-state index contributed by atoms with van der Waals surface area (Å²) in [6, 6.07) is 1.85. The van der Waals surface area contributed by atoms with Gasteiger partial charge in [-0.2, -0.15) is 4.31 Å². The maximum Gasteiger partial charge on any atom is 0.245 e. The van der Waals surface area contributed by atoms with E-state index in [4.69, 9.17) is 23.2 Å².